The molecule has 2 aromatic rings. The normalized spacial score (nSPS) is 10.8. The second kappa shape index (κ2) is 3.06. The average molecular weight is 272 g/mol. The second-order valence-electron chi connectivity index (χ2n) is 2.68. The Morgan fingerprint density at radius 2 is 2.25 bits per heavy atom. The summed E-state index contributed by atoms with van der Waals surface area (Å²) in [6.45, 7) is 0.597. The SMILES string of the molecule is NCc1c[nH]c2cccc(I)c12. The maximum atomic E-state index is 5.61. The number of nitrogens with one attached hydrogen (secondary N) is 1. The molecule has 3 N–H and O–H groups in total. The van der Waals surface area contributed by atoms with Gasteiger partial charge in [0.05, 0.1) is 0 Å². The van der Waals surface area contributed by atoms with Gasteiger partial charge in [0.15, 0.2) is 0 Å². The number of halogens is 1. The van der Waals surface area contributed by atoms with E-state index in [-0.39, 0.29) is 0 Å². The van der Waals surface area contributed by atoms with E-state index in [0.29, 0.717) is 6.54 Å². The molecule has 0 aliphatic carbocycles. The number of rotatable bonds is 1. The van der Waals surface area contributed by atoms with Crippen molar-refractivity contribution >= 4 is 33.5 Å². The van der Waals surface area contributed by atoms with Gasteiger partial charge in [-0.1, -0.05) is 6.07 Å². The summed E-state index contributed by atoms with van der Waals surface area (Å²) < 4.78 is 1.26. The monoisotopic (exact) mass is 272 g/mol. The van der Waals surface area contributed by atoms with E-state index in [9.17, 15) is 0 Å². The fourth-order valence-electron chi connectivity index (χ4n) is 1.37. The molecule has 0 amide bonds. The minimum absolute atomic E-state index is 0.597. The van der Waals surface area contributed by atoms with Crippen LogP contribution in [0.1, 0.15) is 5.56 Å². The summed E-state index contributed by atoms with van der Waals surface area (Å²) in [6.07, 6.45) is 1.98. The Kier molecular flexibility index (Phi) is 2.06. The smallest absolute Gasteiger partial charge is 0.0468 e. The lowest BCUT2D eigenvalue weighted by Gasteiger charge is -1.96. The summed E-state index contributed by atoms with van der Waals surface area (Å²) in [6, 6.07) is 6.20. The van der Waals surface area contributed by atoms with Crippen molar-refractivity contribution in [2.45, 2.75) is 6.54 Å². The maximum Gasteiger partial charge on any atom is 0.0468 e. The fourth-order valence-corrected chi connectivity index (χ4v) is 2.21. The van der Waals surface area contributed by atoms with E-state index in [1.165, 1.54) is 20.0 Å². The van der Waals surface area contributed by atoms with Crippen molar-refractivity contribution in [1.29, 1.82) is 0 Å². The molecule has 0 aliphatic heterocycles. The van der Waals surface area contributed by atoms with Crippen LogP contribution in [0.4, 0.5) is 0 Å². The topological polar surface area (TPSA) is 41.8 Å². The van der Waals surface area contributed by atoms with Crippen molar-refractivity contribution in [3.05, 3.63) is 33.5 Å². The summed E-state index contributed by atoms with van der Waals surface area (Å²) in [7, 11) is 0. The van der Waals surface area contributed by atoms with Crippen molar-refractivity contribution in [2.24, 2.45) is 5.73 Å². The molecule has 0 atom stereocenters. The maximum absolute atomic E-state index is 5.61. The molecule has 12 heavy (non-hydrogen) atoms. The van der Waals surface area contributed by atoms with Crippen LogP contribution in [0, 0.1) is 3.57 Å². The van der Waals surface area contributed by atoms with E-state index >= 15 is 0 Å². The van der Waals surface area contributed by atoms with Gasteiger partial charge in [0.2, 0.25) is 0 Å². The van der Waals surface area contributed by atoms with E-state index in [2.05, 4.69) is 39.7 Å². The highest BCUT2D eigenvalue weighted by molar-refractivity contribution is 14.1. The van der Waals surface area contributed by atoms with Gasteiger partial charge in [-0.2, -0.15) is 0 Å². The number of hydrogen-bond acceptors (Lipinski definition) is 1. The van der Waals surface area contributed by atoms with E-state index in [1.54, 1.807) is 0 Å². The lowest BCUT2D eigenvalue weighted by atomic mass is 10.2. The number of aromatic amines is 1. The molecule has 2 rings (SSSR count). The summed E-state index contributed by atoms with van der Waals surface area (Å²) in [4.78, 5) is 3.20. The lowest BCUT2D eigenvalue weighted by Crippen LogP contribution is -1.94. The molecule has 3 heteroatoms. The number of H-pyrrole nitrogens is 1. The van der Waals surface area contributed by atoms with E-state index < -0.39 is 0 Å². The highest BCUT2D eigenvalue weighted by Crippen LogP contribution is 2.23. The van der Waals surface area contributed by atoms with Gasteiger partial charge >= 0.3 is 0 Å². The van der Waals surface area contributed by atoms with Crippen molar-refractivity contribution in [3.8, 4) is 0 Å². The predicted molar refractivity (Wildman–Crippen MR) is 58.9 cm³/mol. The van der Waals surface area contributed by atoms with E-state index in [4.69, 9.17) is 5.73 Å². The first kappa shape index (κ1) is 8.07. The summed E-state index contributed by atoms with van der Waals surface area (Å²) in [5, 5.41) is 1.26. The Labute approximate surface area is 84.3 Å². The molecule has 0 saturated heterocycles. The van der Waals surface area contributed by atoms with Crippen LogP contribution in [0.25, 0.3) is 10.9 Å². The first-order valence-corrected chi connectivity index (χ1v) is 4.85. The highest BCUT2D eigenvalue weighted by atomic mass is 127. The van der Waals surface area contributed by atoms with Crippen LogP contribution in [0.5, 0.6) is 0 Å². The summed E-state index contributed by atoms with van der Waals surface area (Å²) in [5.74, 6) is 0. The molecule has 2 nitrogen and oxygen atoms in total. The Bertz CT molecular complexity index is 406. The van der Waals surface area contributed by atoms with Crippen LogP contribution in [-0.4, -0.2) is 4.98 Å². The third kappa shape index (κ3) is 1.13. The first-order valence-electron chi connectivity index (χ1n) is 3.77. The Hall–Kier alpha value is -0.550. The zero-order chi connectivity index (χ0) is 8.55. The molecule has 0 unspecified atom stereocenters. The zero-order valence-corrected chi connectivity index (χ0v) is 8.63. The highest BCUT2D eigenvalue weighted by Gasteiger charge is 2.03. The fraction of sp³-hybridized carbons (Fsp3) is 0.111. The molecular formula is C9H9IN2. The average Bonchev–Trinajstić information content (AvgIpc) is 2.49. The predicted octanol–water partition coefficient (Wildman–Crippen LogP) is 2.23. The van der Waals surface area contributed by atoms with Gasteiger partial charge in [-0.15, -0.1) is 0 Å². The zero-order valence-electron chi connectivity index (χ0n) is 6.47. The van der Waals surface area contributed by atoms with Crippen molar-refractivity contribution in [2.75, 3.05) is 0 Å². The molecule has 0 spiro atoms. The standard InChI is InChI=1S/C9H9IN2/c10-7-2-1-3-8-9(7)6(4-11)5-12-8/h1-3,5,12H,4,11H2. The van der Waals surface area contributed by atoms with Gasteiger partial charge in [0.25, 0.3) is 0 Å². The number of aromatic nitrogens is 1. The van der Waals surface area contributed by atoms with Crippen LogP contribution in [0.3, 0.4) is 0 Å². The molecule has 1 aromatic carbocycles. The van der Waals surface area contributed by atoms with Crippen LogP contribution in [0.15, 0.2) is 24.4 Å². The minimum Gasteiger partial charge on any atom is -0.361 e. The molecule has 62 valence electrons. The number of benzene rings is 1. The Balaban J connectivity index is 2.83. The Morgan fingerprint density at radius 3 is 3.00 bits per heavy atom. The number of fused-ring (bicyclic) bond motifs is 1. The van der Waals surface area contributed by atoms with Gasteiger partial charge in [0, 0.05) is 27.2 Å². The van der Waals surface area contributed by atoms with Crippen LogP contribution < -0.4 is 5.73 Å². The molecule has 0 fully saturated rings. The van der Waals surface area contributed by atoms with Crippen molar-refractivity contribution < 1.29 is 0 Å². The van der Waals surface area contributed by atoms with Gasteiger partial charge in [-0.25, -0.2) is 0 Å². The Morgan fingerprint density at radius 1 is 1.42 bits per heavy atom. The summed E-state index contributed by atoms with van der Waals surface area (Å²) >= 11 is 2.33. The van der Waals surface area contributed by atoms with Crippen molar-refractivity contribution in [1.82, 2.24) is 4.98 Å². The van der Waals surface area contributed by atoms with Crippen LogP contribution >= 0.6 is 22.6 Å². The van der Waals surface area contributed by atoms with Gasteiger partial charge in [0.1, 0.15) is 0 Å². The van der Waals surface area contributed by atoms with Gasteiger partial charge in [-0.05, 0) is 40.3 Å². The van der Waals surface area contributed by atoms with Crippen LogP contribution in [0.2, 0.25) is 0 Å². The second-order valence-corrected chi connectivity index (χ2v) is 3.84. The third-order valence-electron chi connectivity index (χ3n) is 1.96. The summed E-state index contributed by atoms with van der Waals surface area (Å²) in [5.41, 5.74) is 7.96. The largest absolute Gasteiger partial charge is 0.361 e. The third-order valence-corrected chi connectivity index (χ3v) is 2.86. The molecule has 1 heterocycles. The van der Waals surface area contributed by atoms with Crippen LogP contribution in [-0.2, 0) is 6.54 Å². The van der Waals surface area contributed by atoms with E-state index in [0.717, 1.165) is 0 Å². The van der Waals surface area contributed by atoms with Gasteiger partial charge < -0.3 is 10.7 Å². The van der Waals surface area contributed by atoms with E-state index in [1.807, 2.05) is 12.3 Å². The molecule has 0 radical (unpaired) electrons. The molecule has 0 saturated carbocycles. The molecule has 0 aliphatic rings. The molecule has 0 bridgehead atoms. The minimum atomic E-state index is 0.597. The number of nitrogens with two attached hydrogens (primary N) is 1. The first-order chi connectivity index (χ1) is 5.83. The molecular weight excluding hydrogens is 263 g/mol. The quantitative estimate of drug-likeness (QED) is 0.768. The lowest BCUT2D eigenvalue weighted by molar-refractivity contribution is 1.08. The van der Waals surface area contributed by atoms with Gasteiger partial charge in [-0.3, -0.25) is 0 Å². The number of hydrogen-bond donors (Lipinski definition) is 2. The van der Waals surface area contributed by atoms with Crippen molar-refractivity contribution in [3.63, 3.8) is 0 Å². The molecule has 1 aromatic heterocycles.